The van der Waals surface area contributed by atoms with Gasteiger partial charge in [0, 0.05) is 38.2 Å². The molecular weight excluding hydrogens is 332 g/mol. The molecule has 1 aliphatic rings. The van der Waals surface area contributed by atoms with Crippen molar-refractivity contribution >= 4 is 5.91 Å². The number of carbonyl (C=O) groups excluding carboxylic acids is 1. The number of amides is 1. The molecule has 0 saturated carbocycles. The summed E-state index contributed by atoms with van der Waals surface area (Å²) in [6, 6.07) is 14.8. The Kier molecular flexibility index (Phi) is 5.85. The molecule has 1 saturated heterocycles. The molecule has 1 aliphatic heterocycles. The lowest BCUT2D eigenvalue weighted by Gasteiger charge is -2.42. The summed E-state index contributed by atoms with van der Waals surface area (Å²) in [6.45, 7) is 1.44. The highest BCUT2D eigenvalue weighted by molar-refractivity contribution is 5.76. The molecule has 6 nitrogen and oxygen atoms in total. The predicted octanol–water partition coefficient (Wildman–Crippen LogP) is 1.07. The van der Waals surface area contributed by atoms with Gasteiger partial charge in [0.15, 0.2) is 0 Å². The van der Waals surface area contributed by atoms with Gasteiger partial charge in [0.2, 0.25) is 5.91 Å². The zero-order valence-corrected chi connectivity index (χ0v) is 14.7. The van der Waals surface area contributed by atoms with Crippen molar-refractivity contribution in [3.63, 3.8) is 0 Å². The second-order valence-electron chi connectivity index (χ2n) is 6.65. The SMILES string of the molecule is O=C(CCn1ccccc1=O)N1CCO[C@](CO)(Cc2ccccc2)C1. The van der Waals surface area contributed by atoms with Crippen LogP contribution in [0.4, 0.5) is 0 Å². The minimum Gasteiger partial charge on any atom is -0.393 e. The predicted molar refractivity (Wildman–Crippen MR) is 97.8 cm³/mol. The van der Waals surface area contributed by atoms with Crippen molar-refractivity contribution in [1.82, 2.24) is 9.47 Å². The molecule has 138 valence electrons. The fourth-order valence-electron chi connectivity index (χ4n) is 3.30. The average molecular weight is 356 g/mol. The molecule has 1 aromatic carbocycles. The Morgan fingerprint density at radius 2 is 1.92 bits per heavy atom. The number of hydrogen-bond acceptors (Lipinski definition) is 4. The van der Waals surface area contributed by atoms with Crippen molar-refractivity contribution in [2.75, 3.05) is 26.3 Å². The first-order valence-corrected chi connectivity index (χ1v) is 8.84. The van der Waals surface area contributed by atoms with Crippen LogP contribution in [0.3, 0.4) is 0 Å². The third-order valence-corrected chi connectivity index (χ3v) is 4.72. The topological polar surface area (TPSA) is 71.8 Å². The van der Waals surface area contributed by atoms with E-state index in [-0.39, 0.29) is 24.5 Å². The molecule has 3 rings (SSSR count). The summed E-state index contributed by atoms with van der Waals surface area (Å²) < 4.78 is 7.41. The van der Waals surface area contributed by atoms with Crippen molar-refractivity contribution < 1.29 is 14.6 Å². The number of hydrogen-bond donors (Lipinski definition) is 1. The Bertz CT molecular complexity index is 790. The number of carbonyl (C=O) groups is 1. The molecule has 1 fully saturated rings. The van der Waals surface area contributed by atoms with E-state index in [1.807, 2.05) is 30.3 Å². The van der Waals surface area contributed by atoms with Gasteiger partial charge in [0.05, 0.1) is 19.8 Å². The molecule has 0 spiro atoms. The van der Waals surface area contributed by atoms with Crippen LogP contribution in [0.1, 0.15) is 12.0 Å². The first kappa shape index (κ1) is 18.4. The Hall–Kier alpha value is -2.44. The van der Waals surface area contributed by atoms with Crippen LogP contribution in [0.2, 0.25) is 0 Å². The van der Waals surface area contributed by atoms with E-state index in [1.165, 1.54) is 10.6 Å². The van der Waals surface area contributed by atoms with Crippen molar-refractivity contribution in [1.29, 1.82) is 0 Å². The lowest BCUT2D eigenvalue weighted by Crippen LogP contribution is -2.57. The van der Waals surface area contributed by atoms with Crippen LogP contribution in [0.15, 0.2) is 59.5 Å². The molecule has 0 unspecified atom stereocenters. The Morgan fingerprint density at radius 3 is 2.65 bits per heavy atom. The monoisotopic (exact) mass is 356 g/mol. The van der Waals surface area contributed by atoms with Gasteiger partial charge >= 0.3 is 0 Å². The van der Waals surface area contributed by atoms with Crippen LogP contribution in [-0.2, 0) is 22.5 Å². The summed E-state index contributed by atoms with van der Waals surface area (Å²) in [6.07, 6.45) is 2.48. The average Bonchev–Trinajstić information content (AvgIpc) is 2.68. The van der Waals surface area contributed by atoms with E-state index in [1.54, 1.807) is 23.2 Å². The molecule has 2 aromatic rings. The summed E-state index contributed by atoms with van der Waals surface area (Å²) in [4.78, 5) is 26.1. The van der Waals surface area contributed by atoms with E-state index in [9.17, 15) is 14.7 Å². The normalized spacial score (nSPS) is 20.1. The molecule has 1 aromatic heterocycles. The molecule has 0 aliphatic carbocycles. The summed E-state index contributed by atoms with van der Waals surface area (Å²) in [7, 11) is 0. The summed E-state index contributed by atoms with van der Waals surface area (Å²) >= 11 is 0. The van der Waals surface area contributed by atoms with Crippen LogP contribution in [0.5, 0.6) is 0 Å². The highest BCUT2D eigenvalue weighted by Crippen LogP contribution is 2.23. The lowest BCUT2D eigenvalue weighted by molar-refractivity contribution is -0.158. The minimum atomic E-state index is -0.779. The molecule has 1 atom stereocenters. The number of benzene rings is 1. The van der Waals surface area contributed by atoms with Crippen LogP contribution in [-0.4, -0.2) is 52.4 Å². The standard InChI is InChI=1S/C20H24N2O4/c23-16-20(14-17-6-2-1-3-7-17)15-22(12-13-26-20)19(25)9-11-21-10-5-4-8-18(21)24/h1-8,10,23H,9,11-16H2/t20-/m1/s1. The number of ether oxygens (including phenoxy) is 1. The number of pyridine rings is 1. The van der Waals surface area contributed by atoms with E-state index in [0.29, 0.717) is 32.7 Å². The van der Waals surface area contributed by atoms with E-state index < -0.39 is 5.60 Å². The molecular formula is C20H24N2O4. The molecule has 2 heterocycles. The second-order valence-corrected chi connectivity index (χ2v) is 6.65. The van der Waals surface area contributed by atoms with E-state index >= 15 is 0 Å². The van der Waals surface area contributed by atoms with Crippen LogP contribution in [0.25, 0.3) is 0 Å². The van der Waals surface area contributed by atoms with Gasteiger partial charge in [-0.25, -0.2) is 0 Å². The second kappa shape index (κ2) is 8.29. The maximum Gasteiger partial charge on any atom is 0.250 e. The van der Waals surface area contributed by atoms with E-state index in [2.05, 4.69) is 0 Å². The maximum atomic E-state index is 12.6. The molecule has 26 heavy (non-hydrogen) atoms. The van der Waals surface area contributed by atoms with Crippen LogP contribution >= 0.6 is 0 Å². The zero-order valence-electron chi connectivity index (χ0n) is 14.7. The van der Waals surface area contributed by atoms with Gasteiger partial charge in [-0.1, -0.05) is 36.4 Å². The number of rotatable bonds is 6. The first-order valence-electron chi connectivity index (χ1n) is 8.84. The molecule has 0 bridgehead atoms. The third-order valence-electron chi connectivity index (χ3n) is 4.72. The number of nitrogens with zero attached hydrogens (tertiary/aromatic N) is 2. The van der Waals surface area contributed by atoms with Gasteiger partial charge in [-0.3, -0.25) is 9.59 Å². The minimum absolute atomic E-state index is 0.0325. The molecule has 1 amide bonds. The number of aromatic nitrogens is 1. The Labute approximate surface area is 152 Å². The van der Waals surface area contributed by atoms with Crippen molar-refractivity contribution in [3.05, 3.63) is 70.6 Å². The lowest BCUT2D eigenvalue weighted by atomic mass is 9.93. The zero-order chi connectivity index (χ0) is 18.4. The largest absolute Gasteiger partial charge is 0.393 e. The van der Waals surface area contributed by atoms with Crippen molar-refractivity contribution in [2.45, 2.75) is 25.0 Å². The molecule has 1 N–H and O–H groups in total. The number of aliphatic hydroxyl groups excluding tert-OH is 1. The highest BCUT2D eigenvalue weighted by atomic mass is 16.5. The summed E-state index contributed by atoms with van der Waals surface area (Å²) in [5.74, 6) is -0.0325. The molecule has 0 radical (unpaired) electrons. The summed E-state index contributed by atoms with van der Waals surface area (Å²) in [5.41, 5.74) is 0.168. The van der Waals surface area contributed by atoms with Crippen LogP contribution < -0.4 is 5.56 Å². The number of aliphatic hydroxyl groups is 1. The quantitative estimate of drug-likeness (QED) is 0.840. The van der Waals surface area contributed by atoms with Crippen molar-refractivity contribution in [2.24, 2.45) is 0 Å². The van der Waals surface area contributed by atoms with E-state index in [0.717, 1.165) is 5.56 Å². The first-order chi connectivity index (χ1) is 12.6. The number of aryl methyl sites for hydroxylation is 1. The van der Waals surface area contributed by atoms with Gasteiger partial charge in [-0.05, 0) is 11.6 Å². The fraction of sp³-hybridized carbons (Fsp3) is 0.400. The smallest absolute Gasteiger partial charge is 0.250 e. The van der Waals surface area contributed by atoms with Crippen LogP contribution in [0, 0.1) is 0 Å². The fourth-order valence-corrected chi connectivity index (χ4v) is 3.30. The van der Waals surface area contributed by atoms with Gasteiger partial charge in [-0.15, -0.1) is 0 Å². The van der Waals surface area contributed by atoms with Gasteiger partial charge in [-0.2, -0.15) is 0 Å². The van der Waals surface area contributed by atoms with Crippen molar-refractivity contribution in [3.8, 4) is 0 Å². The van der Waals surface area contributed by atoms with Gasteiger partial charge in [0.1, 0.15) is 5.60 Å². The van der Waals surface area contributed by atoms with E-state index in [4.69, 9.17) is 4.74 Å². The third kappa shape index (κ3) is 4.39. The molecule has 6 heteroatoms. The van der Waals surface area contributed by atoms with Gasteiger partial charge < -0.3 is 19.3 Å². The number of morpholine rings is 1. The Morgan fingerprint density at radius 1 is 1.15 bits per heavy atom. The highest BCUT2D eigenvalue weighted by Gasteiger charge is 2.38. The summed E-state index contributed by atoms with van der Waals surface area (Å²) in [5, 5.41) is 9.94. The Balaban J connectivity index is 1.63. The van der Waals surface area contributed by atoms with Gasteiger partial charge in [0.25, 0.3) is 5.56 Å². The maximum absolute atomic E-state index is 12.6.